The number of hydrogen-bond donors (Lipinski definition) is 2. The van der Waals surface area contributed by atoms with Gasteiger partial charge in [-0.2, -0.15) is 0 Å². The summed E-state index contributed by atoms with van der Waals surface area (Å²) in [7, 11) is 0. The Labute approximate surface area is 135 Å². The van der Waals surface area contributed by atoms with Crippen molar-refractivity contribution in [1.82, 2.24) is 15.6 Å². The summed E-state index contributed by atoms with van der Waals surface area (Å²) in [5.41, 5.74) is 4.60. The fourth-order valence-corrected chi connectivity index (χ4v) is 2.79. The number of carbonyl (C=O) groups is 2. The molecular weight excluding hydrogens is 290 g/mol. The van der Waals surface area contributed by atoms with Crippen LogP contribution < -0.4 is 10.6 Å². The monoisotopic (exact) mass is 309 g/mol. The summed E-state index contributed by atoms with van der Waals surface area (Å²) < 4.78 is 0. The summed E-state index contributed by atoms with van der Waals surface area (Å²) in [6.07, 6.45) is 0.637. The van der Waals surface area contributed by atoms with E-state index in [-0.39, 0.29) is 11.8 Å². The lowest BCUT2D eigenvalue weighted by Crippen LogP contribution is -2.40. The van der Waals surface area contributed by atoms with Crippen LogP contribution in [0.15, 0.2) is 36.4 Å². The van der Waals surface area contributed by atoms with Gasteiger partial charge < -0.3 is 10.6 Å². The first kappa shape index (κ1) is 15.2. The number of carbonyl (C=O) groups excluding carboxylic acids is 2. The lowest BCUT2D eigenvalue weighted by Gasteiger charge is -2.10. The average molecular weight is 309 g/mol. The van der Waals surface area contributed by atoms with E-state index in [2.05, 4.69) is 15.6 Å². The summed E-state index contributed by atoms with van der Waals surface area (Å²) in [6, 6.07) is 11.0. The van der Waals surface area contributed by atoms with E-state index in [0.717, 1.165) is 22.5 Å². The molecule has 3 rings (SSSR count). The fraction of sp³-hybridized carbons (Fsp3) is 0.278. The molecule has 1 fully saturated rings. The van der Waals surface area contributed by atoms with Crippen LogP contribution in [0.5, 0.6) is 0 Å². The van der Waals surface area contributed by atoms with Crippen molar-refractivity contribution >= 4 is 11.8 Å². The largest absolute Gasteiger partial charge is 0.354 e. The zero-order valence-corrected chi connectivity index (χ0v) is 13.2. The van der Waals surface area contributed by atoms with E-state index in [1.54, 1.807) is 12.1 Å². The van der Waals surface area contributed by atoms with E-state index < -0.39 is 6.04 Å². The van der Waals surface area contributed by atoms with Gasteiger partial charge >= 0.3 is 0 Å². The van der Waals surface area contributed by atoms with Crippen molar-refractivity contribution in [3.8, 4) is 11.1 Å². The summed E-state index contributed by atoms with van der Waals surface area (Å²) >= 11 is 0. The van der Waals surface area contributed by atoms with Crippen LogP contribution in [0.25, 0.3) is 11.1 Å². The zero-order valence-electron chi connectivity index (χ0n) is 13.2. The van der Waals surface area contributed by atoms with Crippen LogP contribution in [0.3, 0.4) is 0 Å². The molecule has 0 spiro atoms. The highest BCUT2D eigenvalue weighted by atomic mass is 16.2. The predicted molar refractivity (Wildman–Crippen MR) is 88.0 cm³/mol. The molecule has 1 aliphatic rings. The van der Waals surface area contributed by atoms with Crippen molar-refractivity contribution in [1.29, 1.82) is 0 Å². The smallest absolute Gasteiger partial charge is 0.251 e. The Morgan fingerprint density at radius 1 is 1.13 bits per heavy atom. The second-order valence-corrected chi connectivity index (χ2v) is 5.82. The van der Waals surface area contributed by atoms with Crippen molar-refractivity contribution in [2.24, 2.45) is 0 Å². The lowest BCUT2D eigenvalue weighted by atomic mass is 10.0. The van der Waals surface area contributed by atoms with Crippen LogP contribution in [0.1, 0.15) is 28.2 Å². The Hall–Kier alpha value is -2.69. The maximum absolute atomic E-state index is 12.2. The third-order valence-electron chi connectivity index (χ3n) is 3.92. The highest BCUT2D eigenvalue weighted by molar-refractivity contribution is 5.98. The number of hydrogen-bond acceptors (Lipinski definition) is 3. The SMILES string of the molecule is Cc1cc(-c2ccc(C(=O)NC3CCNC3=O)cc2)cc(C)n1. The van der Waals surface area contributed by atoms with Crippen molar-refractivity contribution in [2.45, 2.75) is 26.3 Å². The number of aromatic nitrogens is 1. The fourth-order valence-electron chi connectivity index (χ4n) is 2.79. The van der Waals surface area contributed by atoms with Gasteiger partial charge in [0.15, 0.2) is 0 Å². The molecule has 1 aromatic heterocycles. The number of pyridine rings is 1. The van der Waals surface area contributed by atoms with E-state index in [1.807, 2.05) is 38.1 Å². The first-order valence-electron chi connectivity index (χ1n) is 7.67. The molecule has 118 valence electrons. The first-order valence-corrected chi connectivity index (χ1v) is 7.67. The summed E-state index contributed by atoms with van der Waals surface area (Å²) in [5, 5.41) is 5.47. The van der Waals surface area contributed by atoms with Gasteiger partial charge in [0.25, 0.3) is 5.91 Å². The molecule has 2 N–H and O–H groups in total. The predicted octanol–water partition coefficient (Wildman–Crippen LogP) is 1.98. The molecule has 2 amide bonds. The van der Waals surface area contributed by atoms with Crippen molar-refractivity contribution in [3.05, 3.63) is 53.3 Å². The third kappa shape index (κ3) is 3.39. The molecule has 2 aromatic rings. The lowest BCUT2D eigenvalue weighted by molar-refractivity contribution is -0.120. The van der Waals surface area contributed by atoms with Gasteiger partial charge in [-0.1, -0.05) is 12.1 Å². The topological polar surface area (TPSA) is 71.1 Å². The van der Waals surface area contributed by atoms with Gasteiger partial charge in [-0.15, -0.1) is 0 Å². The Morgan fingerprint density at radius 2 is 1.78 bits per heavy atom. The van der Waals surface area contributed by atoms with Gasteiger partial charge in [0.2, 0.25) is 5.91 Å². The van der Waals surface area contributed by atoms with Crippen LogP contribution >= 0.6 is 0 Å². The molecule has 23 heavy (non-hydrogen) atoms. The van der Waals surface area contributed by atoms with Crippen LogP contribution in [-0.4, -0.2) is 29.4 Å². The van der Waals surface area contributed by atoms with Crippen molar-refractivity contribution in [2.75, 3.05) is 6.54 Å². The van der Waals surface area contributed by atoms with Crippen molar-refractivity contribution in [3.63, 3.8) is 0 Å². The first-order chi connectivity index (χ1) is 11.0. The highest BCUT2D eigenvalue weighted by Crippen LogP contribution is 2.21. The van der Waals surface area contributed by atoms with Gasteiger partial charge in [0.1, 0.15) is 6.04 Å². The number of amides is 2. The molecule has 2 heterocycles. The molecule has 1 atom stereocenters. The average Bonchev–Trinajstić information content (AvgIpc) is 2.91. The Balaban J connectivity index is 1.76. The van der Waals surface area contributed by atoms with E-state index >= 15 is 0 Å². The normalized spacial score (nSPS) is 17.0. The molecule has 0 saturated carbocycles. The minimum atomic E-state index is -0.423. The quantitative estimate of drug-likeness (QED) is 0.911. The van der Waals surface area contributed by atoms with Crippen LogP contribution in [-0.2, 0) is 4.79 Å². The molecule has 5 nitrogen and oxygen atoms in total. The Kier molecular flexibility index (Phi) is 4.10. The number of nitrogens with zero attached hydrogens (tertiary/aromatic N) is 1. The van der Waals surface area contributed by atoms with Gasteiger partial charge in [-0.05, 0) is 55.7 Å². The summed E-state index contributed by atoms with van der Waals surface area (Å²) in [5.74, 6) is -0.335. The second kappa shape index (κ2) is 6.20. The molecule has 0 aliphatic carbocycles. The number of aryl methyl sites for hydroxylation is 2. The maximum atomic E-state index is 12.2. The van der Waals surface area contributed by atoms with Gasteiger partial charge in [-0.25, -0.2) is 0 Å². The molecule has 0 radical (unpaired) electrons. The van der Waals surface area contributed by atoms with Crippen molar-refractivity contribution < 1.29 is 9.59 Å². The van der Waals surface area contributed by atoms with E-state index in [0.29, 0.717) is 18.5 Å². The van der Waals surface area contributed by atoms with Gasteiger partial charge in [-0.3, -0.25) is 14.6 Å². The minimum Gasteiger partial charge on any atom is -0.354 e. The molecule has 1 aliphatic heterocycles. The van der Waals surface area contributed by atoms with Gasteiger partial charge in [0.05, 0.1) is 0 Å². The van der Waals surface area contributed by atoms with E-state index in [4.69, 9.17) is 0 Å². The van der Waals surface area contributed by atoms with Crippen LogP contribution in [0.2, 0.25) is 0 Å². The summed E-state index contributed by atoms with van der Waals surface area (Å²) in [4.78, 5) is 28.1. The van der Waals surface area contributed by atoms with E-state index in [9.17, 15) is 9.59 Å². The second-order valence-electron chi connectivity index (χ2n) is 5.82. The van der Waals surface area contributed by atoms with Crippen LogP contribution in [0.4, 0.5) is 0 Å². The third-order valence-corrected chi connectivity index (χ3v) is 3.92. The molecular formula is C18H19N3O2. The number of benzene rings is 1. The molecule has 1 aromatic carbocycles. The number of nitrogens with one attached hydrogen (secondary N) is 2. The van der Waals surface area contributed by atoms with Gasteiger partial charge in [0, 0.05) is 23.5 Å². The molecule has 1 saturated heterocycles. The Bertz CT molecular complexity index is 733. The van der Waals surface area contributed by atoms with Crippen LogP contribution in [0, 0.1) is 13.8 Å². The van der Waals surface area contributed by atoms with E-state index in [1.165, 1.54) is 0 Å². The molecule has 1 unspecified atom stereocenters. The Morgan fingerprint density at radius 3 is 2.35 bits per heavy atom. The number of rotatable bonds is 3. The highest BCUT2D eigenvalue weighted by Gasteiger charge is 2.25. The molecule has 0 bridgehead atoms. The molecule has 5 heteroatoms. The minimum absolute atomic E-state index is 0.113. The standard InChI is InChI=1S/C18H19N3O2/c1-11-9-15(10-12(2)20-11)13-3-5-14(6-4-13)17(22)21-16-7-8-19-18(16)23/h3-6,9-10,16H,7-8H2,1-2H3,(H,19,23)(H,21,22). The zero-order chi connectivity index (χ0) is 16.4. The maximum Gasteiger partial charge on any atom is 0.251 e. The summed E-state index contributed by atoms with van der Waals surface area (Å²) in [6.45, 7) is 4.54.